The Bertz CT molecular complexity index is 1780. The number of carboxylic acids is 1. The molecule has 63 heavy (non-hydrogen) atoms. The van der Waals surface area contributed by atoms with Crippen LogP contribution in [0, 0.1) is 50.2 Å². The van der Waals surface area contributed by atoms with Gasteiger partial charge in [-0.2, -0.15) is 0 Å². The Hall–Kier alpha value is -2.97. The number of carbonyl (C=O) groups excluding carboxylic acids is 2. The highest BCUT2D eigenvalue weighted by atomic mass is 16.5. The molecule has 0 radical (unpaired) electrons. The lowest BCUT2D eigenvalue weighted by Crippen LogP contribution is -2.65. The standard InChI is InChI=1S/C54H87N3O6/c1-9-10-11-12-13-14-15-16-17-18-19-20-21-22-23-24-47(60)62-39-40-37-57(56-55-40)38-48(61)63-45-28-29-51(6)43(50(45,4)5)27-30-53(8)44(51)26-25-41-42-35-49(2,3)31-33-54(42,36-46(58)59)34-32-52(41,53)7/h16-17,25,37,42-45H,9-15,18-24,26-36,38-39H2,1-8H3,(H,58,59)/b17-16-/t42-,43?,44-,45+,51+,52-,53-,54-/m1/s1. The lowest BCUT2D eigenvalue weighted by Gasteiger charge is -2.71. The van der Waals surface area contributed by atoms with Gasteiger partial charge in [0, 0.05) is 11.8 Å². The monoisotopic (exact) mass is 874 g/mol. The van der Waals surface area contributed by atoms with Gasteiger partial charge in [0.25, 0.3) is 0 Å². The van der Waals surface area contributed by atoms with Crippen molar-refractivity contribution in [2.45, 2.75) is 235 Å². The number of carbonyl (C=O) groups is 3. The van der Waals surface area contributed by atoms with Gasteiger partial charge < -0.3 is 14.6 Å². The lowest BCUT2D eigenvalue weighted by atomic mass is 9.33. The van der Waals surface area contributed by atoms with E-state index in [1.165, 1.54) is 62.5 Å². The number of aliphatic carboxylic acids is 1. The van der Waals surface area contributed by atoms with Gasteiger partial charge in [0.05, 0.1) is 12.6 Å². The molecule has 9 nitrogen and oxygen atoms in total. The van der Waals surface area contributed by atoms with Crippen LogP contribution in [0.25, 0.3) is 0 Å². The average Bonchev–Trinajstić information content (AvgIpc) is 3.67. The van der Waals surface area contributed by atoms with Crippen molar-refractivity contribution in [1.82, 2.24) is 15.0 Å². The molecular weight excluding hydrogens is 787 g/mol. The summed E-state index contributed by atoms with van der Waals surface area (Å²) in [5.74, 6) is 0.0983. The Labute approximate surface area is 381 Å². The number of nitrogens with zero attached hydrogens (tertiary/aromatic N) is 3. The maximum Gasteiger partial charge on any atom is 0.328 e. The molecule has 4 saturated carbocycles. The van der Waals surface area contributed by atoms with E-state index in [0.717, 1.165) is 89.9 Å². The fourth-order valence-electron chi connectivity index (χ4n) is 14.5. The van der Waals surface area contributed by atoms with Gasteiger partial charge in [-0.05, 0) is 141 Å². The van der Waals surface area contributed by atoms with E-state index < -0.39 is 5.97 Å². The first-order valence-electron chi connectivity index (χ1n) is 25.7. The normalized spacial score (nSPS) is 33.0. The zero-order valence-electron chi connectivity index (χ0n) is 41.0. The zero-order valence-corrected chi connectivity index (χ0v) is 41.0. The number of allylic oxidation sites excluding steroid dienone is 4. The van der Waals surface area contributed by atoms with Gasteiger partial charge in [-0.15, -0.1) is 5.10 Å². The molecular formula is C54H87N3O6. The Morgan fingerprint density at radius 2 is 1.46 bits per heavy atom. The van der Waals surface area contributed by atoms with Crippen molar-refractivity contribution in [2.75, 3.05) is 0 Å². The van der Waals surface area contributed by atoms with Crippen LogP contribution >= 0.6 is 0 Å². The predicted octanol–water partition coefficient (Wildman–Crippen LogP) is 13.5. The third kappa shape index (κ3) is 11.0. The molecule has 0 spiro atoms. The second-order valence-electron chi connectivity index (χ2n) is 23.4. The predicted molar refractivity (Wildman–Crippen MR) is 250 cm³/mol. The minimum atomic E-state index is -0.639. The molecule has 0 saturated heterocycles. The van der Waals surface area contributed by atoms with E-state index in [-0.39, 0.29) is 63.7 Å². The molecule has 5 aliphatic carbocycles. The zero-order chi connectivity index (χ0) is 45.5. The van der Waals surface area contributed by atoms with Gasteiger partial charge in [-0.1, -0.05) is 136 Å². The SMILES string of the molecule is CCCCCCCC/C=C\CCCCCCCC(=O)OCc1cn(CC(=O)O[C@H]2CC[C@@]3(C)C(CC[C@]4(C)[C@@H]3CC=C3[C@H]5CC(C)(C)CC[C@]5(CC(=O)O)CC[C@]34C)C2(C)C)nn1. The molecule has 0 aliphatic heterocycles. The van der Waals surface area contributed by atoms with Gasteiger partial charge in [0.1, 0.15) is 24.9 Å². The van der Waals surface area contributed by atoms with E-state index in [1.54, 1.807) is 11.8 Å². The average molecular weight is 874 g/mol. The van der Waals surface area contributed by atoms with Crippen molar-refractivity contribution >= 4 is 17.9 Å². The van der Waals surface area contributed by atoms with E-state index in [9.17, 15) is 19.5 Å². The number of ether oxygens (including phenoxy) is 2. The van der Waals surface area contributed by atoms with E-state index >= 15 is 0 Å². The van der Waals surface area contributed by atoms with Crippen LogP contribution in [0.3, 0.4) is 0 Å². The van der Waals surface area contributed by atoms with Crippen LogP contribution in [-0.2, 0) is 37.0 Å². The van der Waals surface area contributed by atoms with Crippen molar-refractivity contribution in [1.29, 1.82) is 0 Å². The van der Waals surface area contributed by atoms with Crippen LogP contribution < -0.4 is 0 Å². The second-order valence-corrected chi connectivity index (χ2v) is 23.4. The second kappa shape index (κ2) is 20.7. The van der Waals surface area contributed by atoms with Crippen molar-refractivity contribution in [3.8, 4) is 0 Å². The van der Waals surface area contributed by atoms with Gasteiger partial charge in [-0.25, -0.2) is 4.68 Å². The van der Waals surface area contributed by atoms with Crippen LogP contribution in [-0.4, -0.2) is 44.1 Å². The largest absolute Gasteiger partial charge is 0.481 e. The molecule has 9 heteroatoms. The van der Waals surface area contributed by atoms with E-state index in [0.29, 0.717) is 36.3 Å². The van der Waals surface area contributed by atoms with Gasteiger partial charge in [-0.3, -0.25) is 14.4 Å². The van der Waals surface area contributed by atoms with Gasteiger partial charge in [0.2, 0.25) is 0 Å². The van der Waals surface area contributed by atoms with Crippen LogP contribution in [0.4, 0.5) is 0 Å². The molecule has 1 aromatic rings. The molecule has 4 fully saturated rings. The third-order valence-electron chi connectivity index (χ3n) is 18.4. The number of unbranched alkanes of at least 4 members (excludes halogenated alkanes) is 11. The summed E-state index contributed by atoms with van der Waals surface area (Å²) < 4.78 is 13.3. The molecule has 1 N–H and O–H groups in total. The first-order chi connectivity index (χ1) is 29.9. The number of fused-ring (bicyclic) bond motifs is 7. The summed E-state index contributed by atoms with van der Waals surface area (Å²) in [5, 5.41) is 18.5. The molecule has 8 atom stereocenters. The van der Waals surface area contributed by atoms with E-state index in [4.69, 9.17) is 9.47 Å². The van der Waals surface area contributed by atoms with Crippen molar-refractivity contribution < 1.29 is 29.0 Å². The number of carboxylic acid groups (broad SMARTS) is 1. The molecule has 0 aromatic carbocycles. The highest BCUT2D eigenvalue weighted by Crippen LogP contribution is 2.76. The van der Waals surface area contributed by atoms with Crippen LogP contribution in [0.1, 0.15) is 222 Å². The molecule has 5 aliphatic rings. The summed E-state index contributed by atoms with van der Waals surface area (Å²) >= 11 is 0. The lowest BCUT2D eigenvalue weighted by molar-refractivity contribution is -0.213. The van der Waals surface area contributed by atoms with Crippen molar-refractivity contribution in [3.63, 3.8) is 0 Å². The molecule has 1 aromatic heterocycles. The number of esters is 2. The van der Waals surface area contributed by atoms with Crippen LogP contribution in [0.15, 0.2) is 30.0 Å². The molecule has 0 amide bonds. The number of rotatable bonds is 22. The molecule has 0 bridgehead atoms. The number of hydrogen-bond acceptors (Lipinski definition) is 7. The third-order valence-corrected chi connectivity index (χ3v) is 18.4. The smallest absolute Gasteiger partial charge is 0.328 e. The van der Waals surface area contributed by atoms with Gasteiger partial charge in [0.15, 0.2) is 0 Å². The molecule has 1 unspecified atom stereocenters. The summed E-state index contributed by atoms with van der Waals surface area (Å²) in [6, 6.07) is 0. The highest BCUT2D eigenvalue weighted by Gasteiger charge is 2.68. The van der Waals surface area contributed by atoms with Gasteiger partial charge >= 0.3 is 17.9 Å². The minimum absolute atomic E-state index is 0.0294. The molecule has 6 rings (SSSR count). The maximum atomic E-state index is 13.5. The fourth-order valence-corrected chi connectivity index (χ4v) is 14.5. The summed E-state index contributed by atoms with van der Waals surface area (Å²) in [6.07, 6.45) is 35.8. The fraction of sp³-hybridized carbons (Fsp3) is 0.833. The number of hydrogen-bond donors (Lipinski definition) is 1. The molecule has 1 heterocycles. The Balaban J connectivity index is 0.940. The quantitative estimate of drug-likeness (QED) is 0.0695. The Morgan fingerprint density at radius 3 is 2.16 bits per heavy atom. The maximum absolute atomic E-state index is 13.5. The van der Waals surface area contributed by atoms with Crippen molar-refractivity contribution in [3.05, 3.63) is 35.7 Å². The topological polar surface area (TPSA) is 121 Å². The molecule has 354 valence electrons. The van der Waals surface area contributed by atoms with Crippen LogP contribution in [0.5, 0.6) is 0 Å². The van der Waals surface area contributed by atoms with Crippen molar-refractivity contribution in [2.24, 2.45) is 50.2 Å². The van der Waals surface area contributed by atoms with E-state index in [2.05, 4.69) is 83.9 Å². The summed E-state index contributed by atoms with van der Waals surface area (Å²) in [5.41, 5.74) is 2.31. The Kier molecular flexibility index (Phi) is 16.2. The Morgan fingerprint density at radius 1 is 0.794 bits per heavy atom. The summed E-state index contributed by atoms with van der Waals surface area (Å²) in [6.45, 7) is 19.4. The van der Waals surface area contributed by atoms with E-state index in [1.807, 2.05) is 0 Å². The first kappa shape index (κ1) is 49.5. The minimum Gasteiger partial charge on any atom is -0.481 e. The summed E-state index contributed by atoms with van der Waals surface area (Å²) in [4.78, 5) is 38.3. The first-order valence-corrected chi connectivity index (χ1v) is 25.7. The van der Waals surface area contributed by atoms with Crippen LogP contribution in [0.2, 0.25) is 0 Å². The highest BCUT2D eigenvalue weighted by molar-refractivity contribution is 5.70. The summed E-state index contributed by atoms with van der Waals surface area (Å²) in [7, 11) is 0. The number of aromatic nitrogens is 3.